The van der Waals surface area contributed by atoms with Gasteiger partial charge >= 0.3 is 6.18 Å². The molecule has 4 aromatic rings. The third kappa shape index (κ3) is 2.59. The van der Waals surface area contributed by atoms with Crippen LogP contribution >= 0.6 is 0 Å². The quantitative estimate of drug-likeness (QED) is 0.573. The highest BCUT2D eigenvalue weighted by Gasteiger charge is 2.62. The van der Waals surface area contributed by atoms with Crippen LogP contribution in [0.15, 0.2) is 36.9 Å². The molecule has 0 amide bonds. The summed E-state index contributed by atoms with van der Waals surface area (Å²) in [7, 11) is 0. The first-order valence-electron chi connectivity index (χ1n) is 8.41. The predicted molar refractivity (Wildman–Crippen MR) is 92.1 cm³/mol. The maximum atomic E-state index is 13.0. The van der Waals surface area contributed by atoms with Crippen molar-refractivity contribution in [2.24, 2.45) is 5.41 Å². The van der Waals surface area contributed by atoms with Crippen molar-refractivity contribution in [3.8, 4) is 11.3 Å². The second kappa shape index (κ2) is 5.41. The molecular formula is C17H14F3N7. The van der Waals surface area contributed by atoms with E-state index in [1.54, 1.807) is 35.4 Å². The van der Waals surface area contributed by atoms with Gasteiger partial charge in [0, 0.05) is 42.2 Å². The molecule has 4 aromatic heterocycles. The number of nitrogens with zero attached hydrogens (tertiary/aromatic N) is 5. The highest BCUT2D eigenvalue weighted by Crippen LogP contribution is 2.57. The van der Waals surface area contributed by atoms with E-state index in [4.69, 9.17) is 0 Å². The van der Waals surface area contributed by atoms with E-state index in [2.05, 4.69) is 30.4 Å². The molecule has 5 rings (SSSR count). The Hall–Kier alpha value is -3.17. The Balaban J connectivity index is 1.43. The summed E-state index contributed by atoms with van der Waals surface area (Å²) in [5, 5.41) is 7.58. The van der Waals surface area contributed by atoms with Crippen LogP contribution in [0.2, 0.25) is 0 Å². The molecule has 1 aliphatic rings. The first kappa shape index (κ1) is 16.0. The average Bonchev–Trinajstić information content (AvgIpc) is 3.12. The summed E-state index contributed by atoms with van der Waals surface area (Å²) in [5.41, 5.74) is 1.15. The van der Waals surface area contributed by atoms with Crippen molar-refractivity contribution in [1.29, 1.82) is 0 Å². The van der Waals surface area contributed by atoms with E-state index in [0.29, 0.717) is 11.3 Å². The number of anilines is 1. The van der Waals surface area contributed by atoms with Crippen LogP contribution in [0.25, 0.3) is 27.9 Å². The zero-order valence-corrected chi connectivity index (χ0v) is 14.0. The minimum Gasteiger partial charge on any atom is -0.353 e. The molecule has 7 nitrogen and oxygen atoms in total. The number of halogens is 3. The van der Waals surface area contributed by atoms with Crippen LogP contribution in [-0.4, -0.2) is 42.3 Å². The Morgan fingerprint density at radius 1 is 1.22 bits per heavy atom. The van der Waals surface area contributed by atoms with Gasteiger partial charge in [0.15, 0.2) is 5.65 Å². The fourth-order valence-electron chi connectivity index (χ4n) is 3.13. The number of H-pyrrole nitrogens is 1. The number of aromatic amines is 1. The van der Waals surface area contributed by atoms with Gasteiger partial charge in [-0.05, 0) is 18.9 Å². The molecular weight excluding hydrogens is 359 g/mol. The van der Waals surface area contributed by atoms with Crippen molar-refractivity contribution >= 4 is 22.6 Å². The van der Waals surface area contributed by atoms with E-state index < -0.39 is 11.6 Å². The molecule has 4 heterocycles. The maximum absolute atomic E-state index is 13.0. The highest BCUT2D eigenvalue weighted by molar-refractivity contribution is 5.92. The summed E-state index contributed by atoms with van der Waals surface area (Å²) in [6.45, 7) is -0.213. The van der Waals surface area contributed by atoms with Gasteiger partial charge in [-0.25, -0.2) is 14.5 Å². The van der Waals surface area contributed by atoms with Gasteiger partial charge in [0.1, 0.15) is 5.65 Å². The molecule has 138 valence electrons. The van der Waals surface area contributed by atoms with Crippen molar-refractivity contribution in [1.82, 2.24) is 29.5 Å². The second-order valence-corrected chi connectivity index (χ2v) is 6.74. The number of hydrogen-bond donors (Lipinski definition) is 2. The number of nitrogens with one attached hydrogen (secondary N) is 2. The topological polar surface area (TPSA) is 83.8 Å². The van der Waals surface area contributed by atoms with Gasteiger partial charge in [0.25, 0.3) is 0 Å². The van der Waals surface area contributed by atoms with E-state index >= 15 is 0 Å². The lowest BCUT2D eigenvalue weighted by Gasteiger charge is -2.19. The fourth-order valence-corrected chi connectivity index (χ4v) is 3.13. The summed E-state index contributed by atoms with van der Waals surface area (Å²) in [4.78, 5) is 16.0. The number of rotatable bonds is 4. The van der Waals surface area contributed by atoms with Crippen LogP contribution < -0.4 is 5.32 Å². The maximum Gasteiger partial charge on any atom is 0.396 e. The third-order valence-electron chi connectivity index (χ3n) is 5.01. The molecule has 0 spiro atoms. The van der Waals surface area contributed by atoms with Crippen LogP contribution in [0.1, 0.15) is 12.8 Å². The lowest BCUT2D eigenvalue weighted by atomic mass is 10.1. The predicted octanol–water partition coefficient (Wildman–Crippen LogP) is 3.42. The van der Waals surface area contributed by atoms with Crippen LogP contribution in [0.4, 0.5) is 19.1 Å². The van der Waals surface area contributed by atoms with Crippen molar-refractivity contribution < 1.29 is 13.2 Å². The molecule has 0 radical (unpaired) electrons. The minimum atomic E-state index is -4.21. The lowest BCUT2D eigenvalue weighted by Crippen LogP contribution is -2.31. The van der Waals surface area contributed by atoms with Gasteiger partial charge in [0.05, 0.1) is 17.3 Å². The molecule has 10 heteroatoms. The monoisotopic (exact) mass is 373 g/mol. The summed E-state index contributed by atoms with van der Waals surface area (Å²) >= 11 is 0. The molecule has 1 saturated carbocycles. The summed E-state index contributed by atoms with van der Waals surface area (Å²) in [6.07, 6.45) is 2.89. The highest BCUT2D eigenvalue weighted by atomic mass is 19.4. The minimum absolute atomic E-state index is 0.140. The molecule has 0 bridgehead atoms. The van der Waals surface area contributed by atoms with Crippen molar-refractivity contribution in [3.05, 3.63) is 36.9 Å². The van der Waals surface area contributed by atoms with E-state index in [0.717, 1.165) is 16.6 Å². The molecule has 1 aliphatic carbocycles. The summed E-state index contributed by atoms with van der Waals surface area (Å²) in [6, 6.07) is 3.63. The SMILES string of the molecule is FC(F)(F)C1(CNc2ncc3c(-c4ccn5nccc5n4)c[nH]c3n2)CC1. The first-order valence-corrected chi connectivity index (χ1v) is 8.41. The van der Waals surface area contributed by atoms with Crippen molar-refractivity contribution in [3.63, 3.8) is 0 Å². The van der Waals surface area contributed by atoms with E-state index in [1.807, 2.05) is 6.07 Å². The van der Waals surface area contributed by atoms with E-state index in [9.17, 15) is 13.2 Å². The van der Waals surface area contributed by atoms with Crippen LogP contribution in [0.3, 0.4) is 0 Å². The largest absolute Gasteiger partial charge is 0.396 e. The smallest absolute Gasteiger partial charge is 0.353 e. The van der Waals surface area contributed by atoms with Gasteiger partial charge in [-0.3, -0.25) is 0 Å². The van der Waals surface area contributed by atoms with E-state index in [-0.39, 0.29) is 25.3 Å². The average molecular weight is 373 g/mol. The first-order chi connectivity index (χ1) is 13.0. The molecule has 2 N–H and O–H groups in total. The Morgan fingerprint density at radius 2 is 2.07 bits per heavy atom. The zero-order valence-electron chi connectivity index (χ0n) is 14.0. The lowest BCUT2D eigenvalue weighted by molar-refractivity contribution is -0.182. The fraction of sp³-hybridized carbons (Fsp3) is 0.294. The van der Waals surface area contributed by atoms with Gasteiger partial charge in [-0.15, -0.1) is 0 Å². The number of hydrogen-bond acceptors (Lipinski definition) is 5. The van der Waals surface area contributed by atoms with Gasteiger partial charge in [-0.1, -0.05) is 0 Å². The Morgan fingerprint density at radius 3 is 2.85 bits per heavy atom. The van der Waals surface area contributed by atoms with Crippen LogP contribution in [0.5, 0.6) is 0 Å². The summed E-state index contributed by atoms with van der Waals surface area (Å²) < 4.78 is 40.7. The van der Waals surface area contributed by atoms with Gasteiger partial charge in [0.2, 0.25) is 5.95 Å². The number of aromatic nitrogens is 6. The molecule has 0 atom stereocenters. The molecule has 1 fully saturated rings. The standard InChI is InChI=1S/C17H14F3N7/c18-17(19,20)16(3-4-16)9-23-15-22-8-11-10(7-21-14(11)26-15)12-2-6-27-13(25-12)1-5-24-27/h1-2,5-8H,3-4,9H2,(H2,21,22,23,26). The number of alkyl halides is 3. The number of fused-ring (bicyclic) bond motifs is 2. The summed E-state index contributed by atoms with van der Waals surface area (Å²) in [5.74, 6) is 0.172. The van der Waals surface area contributed by atoms with Crippen molar-refractivity contribution in [2.75, 3.05) is 11.9 Å². The molecule has 27 heavy (non-hydrogen) atoms. The Bertz CT molecular complexity index is 1140. The molecule has 0 saturated heterocycles. The van der Waals surface area contributed by atoms with E-state index in [1.165, 1.54) is 0 Å². The Labute approximate surface area is 150 Å². The third-order valence-corrected chi connectivity index (χ3v) is 5.01. The molecule has 0 unspecified atom stereocenters. The van der Waals surface area contributed by atoms with Crippen LogP contribution in [-0.2, 0) is 0 Å². The van der Waals surface area contributed by atoms with Crippen LogP contribution in [0, 0.1) is 5.41 Å². The van der Waals surface area contributed by atoms with Gasteiger partial charge < -0.3 is 10.3 Å². The van der Waals surface area contributed by atoms with Crippen molar-refractivity contribution in [2.45, 2.75) is 19.0 Å². The second-order valence-electron chi connectivity index (χ2n) is 6.74. The van der Waals surface area contributed by atoms with Gasteiger partial charge in [-0.2, -0.15) is 23.3 Å². The molecule has 0 aromatic carbocycles. The Kier molecular flexibility index (Phi) is 3.22. The zero-order chi connectivity index (χ0) is 18.6. The normalized spacial score (nSPS) is 16.1. The molecule has 0 aliphatic heterocycles.